The Morgan fingerprint density at radius 1 is 0.956 bits per heavy atom. The lowest BCUT2D eigenvalue weighted by Gasteiger charge is -2.56. The van der Waals surface area contributed by atoms with Gasteiger partial charge in [0.1, 0.15) is 11.6 Å². The number of aromatic amines is 1. The minimum atomic E-state index is 0.00251. The van der Waals surface area contributed by atoms with Crippen LogP contribution in [0.25, 0.3) is 22.8 Å². The maximum absolute atomic E-state index is 5.97. The number of nitrogens with zero attached hydrogens (tertiary/aromatic N) is 9. The molecule has 0 aliphatic carbocycles. The van der Waals surface area contributed by atoms with Crippen molar-refractivity contribution in [3.63, 3.8) is 0 Å². The molecule has 12 heteroatoms. The van der Waals surface area contributed by atoms with Crippen molar-refractivity contribution in [2.75, 3.05) is 29.9 Å². The molecular weight excluding hydrogens is 566 g/mol. The number of piperidine rings is 1. The first-order chi connectivity index (χ1) is 22.1. The number of anilines is 3. The van der Waals surface area contributed by atoms with Crippen molar-refractivity contribution in [3.05, 3.63) is 78.0 Å². The van der Waals surface area contributed by atoms with E-state index in [1.165, 1.54) is 18.4 Å². The van der Waals surface area contributed by atoms with E-state index in [1.807, 2.05) is 55.3 Å². The summed E-state index contributed by atoms with van der Waals surface area (Å²) >= 11 is 0. The van der Waals surface area contributed by atoms with Gasteiger partial charge in [0.2, 0.25) is 0 Å². The second-order valence-corrected chi connectivity index (χ2v) is 12.3. The third-order valence-corrected chi connectivity index (χ3v) is 9.04. The standard InChI is InChI=1S/C33H37N11O/c1-21-13-29(38-30-14-22(2)40-41-30)39-33(37-21)24-7-9-31(35-17-24)42-19-25-15-26(20-42)43(25)18-23-6-8-27(34-16-23)28-10-11-36-44(28)32-5-3-4-12-45-32/h6-11,13-14,16-17,25-26,32H,3-5,12,15,18-20H2,1-2H3,(H2,37,38,39,40,41). The SMILES string of the molecule is Cc1cc(Nc2cc(C)[nH]n2)nc(-c2ccc(N3CC4CC(C3)N4Cc3ccc(-c4ccnn4C4CCCCO4)nc3)nc2)n1. The van der Waals surface area contributed by atoms with Crippen molar-refractivity contribution >= 4 is 17.5 Å². The second kappa shape index (κ2) is 11.7. The maximum atomic E-state index is 5.97. The van der Waals surface area contributed by atoms with E-state index in [-0.39, 0.29) is 6.23 Å². The second-order valence-electron chi connectivity index (χ2n) is 12.3. The average Bonchev–Trinajstić information content (AvgIpc) is 3.73. The van der Waals surface area contributed by atoms with Crippen molar-refractivity contribution in [1.82, 2.24) is 44.8 Å². The van der Waals surface area contributed by atoms with Crippen LogP contribution in [0, 0.1) is 13.8 Å². The number of aromatic nitrogens is 8. The molecule has 5 aromatic heterocycles. The first kappa shape index (κ1) is 27.8. The zero-order valence-corrected chi connectivity index (χ0v) is 25.6. The molecule has 12 nitrogen and oxygen atoms in total. The van der Waals surface area contributed by atoms with Gasteiger partial charge in [-0.15, -0.1) is 0 Å². The highest BCUT2D eigenvalue weighted by Crippen LogP contribution is 2.36. The van der Waals surface area contributed by atoms with Gasteiger partial charge in [-0.05, 0) is 69.4 Å². The van der Waals surface area contributed by atoms with Crippen molar-refractivity contribution in [3.8, 4) is 22.8 Å². The predicted molar refractivity (Wildman–Crippen MR) is 171 cm³/mol. The lowest BCUT2D eigenvalue weighted by atomic mass is 9.87. The number of aryl methyl sites for hydroxylation is 2. The molecule has 4 aliphatic heterocycles. The Morgan fingerprint density at radius 2 is 1.87 bits per heavy atom. The number of hydrogen-bond acceptors (Lipinski definition) is 10. The maximum Gasteiger partial charge on any atom is 0.163 e. The fourth-order valence-electron chi connectivity index (χ4n) is 6.76. The number of fused-ring (bicyclic) bond motifs is 2. The van der Waals surface area contributed by atoms with E-state index >= 15 is 0 Å². The quantitative estimate of drug-likeness (QED) is 0.249. The van der Waals surface area contributed by atoms with E-state index < -0.39 is 0 Å². The largest absolute Gasteiger partial charge is 0.356 e. The molecule has 4 saturated heterocycles. The van der Waals surface area contributed by atoms with Gasteiger partial charge >= 0.3 is 0 Å². The molecule has 9 heterocycles. The topological polar surface area (TPSA) is 126 Å². The van der Waals surface area contributed by atoms with Crippen LogP contribution in [0.1, 0.15) is 48.9 Å². The summed E-state index contributed by atoms with van der Waals surface area (Å²) in [5.41, 5.74) is 5.93. The molecular formula is C33H37N11O. The Bertz CT molecular complexity index is 1760. The fraction of sp³-hybridized carbons (Fsp3) is 0.394. The van der Waals surface area contributed by atoms with E-state index in [0.717, 1.165) is 79.1 Å². The summed E-state index contributed by atoms with van der Waals surface area (Å²) in [7, 11) is 0. The molecule has 0 aromatic carbocycles. The van der Waals surface area contributed by atoms with Crippen LogP contribution in [-0.4, -0.2) is 76.6 Å². The van der Waals surface area contributed by atoms with Crippen LogP contribution < -0.4 is 10.2 Å². The zero-order chi connectivity index (χ0) is 30.3. The van der Waals surface area contributed by atoms with Gasteiger partial charge in [0.25, 0.3) is 0 Å². The monoisotopic (exact) mass is 603 g/mol. The Balaban J connectivity index is 0.895. The van der Waals surface area contributed by atoms with Crippen molar-refractivity contribution < 1.29 is 4.74 Å². The molecule has 9 rings (SSSR count). The molecule has 2 N–H and O–H groups in total. The molecule has 4 fully saturated rings. The summed E-state index contributed by atoms with van der Waals surface area (Å²) in [6, 6.07) is 15.4. The molecule has 45 heavy (non-hydrogen) atoms. The van der Waals surface area contributed by atoms with E-state index in [4.69, 9.17) is 19.7 Å². The highest BCUT2D eigenvalue weighted by Gasteiger charge is 2.44. The number of piperazine rings is 1. The lowest BCUT2D eigenvalue weighted by Crippen LogP contribution is -2.68. The Labute approximate surface area is 261 Å². The summed E-state index contributed by atoms with van der Waals surface area (Å²) in [6.45, 7) is 7.57. The number of nitrogens with one attached hydrogen (secondary N) is 2. The lowest BCUT2D eigenvalue weighted by molar-refractivity contribution is -0.0384. The number of H-pyrrole nitrogens is 1. The summed E-state index contributed by atoms with van der Waals surface area (Å²) in [6.07, 6.45) is 10.2. The highest BCUT2D eigenvalue weighted by molar-refractivity contribution is 5.61. The smallest absolute Gasteiger partial charge is 0.163 e. The first-order valence-corrected chi connectivity index (χ1v) is 15.8. The van der Waals surface area contributed by atoms with E-state index in [9.17, 15) is 0 Å². The van der Waals surface area contributed by atoms with E-state index in [1.54, 1.807) is 0 Å². The summed E-state index contributed by atoms with van der Waals surface area (Å²) < 4.78 is 7.95. The summed E-state index contributed by atoms with van der Waals surface area (Å²) in [5.74, 6) is 3.07. The van der Waals surface area contributed by atoms with E-state index in [2.05, 4.69) is 59.7 Å². The number of pyridine rings is 2. The summed E-state index contributed by atoms with van der Waals surface area (Å²) in [5, 5.41) is 15.0. The molecule has 2 bridgehead atoms. The van der Waals surface area contributed by atoms with Gasteiger partial charge in [-0.1, -0.05) is 6.07 Å². The van der Waals surface area contributed by atoms with Gasteiger partial charge in [-0.25, -0.2) is 19.6 Å². The van der Waals surface area contributed by atoms with Gasteiger partial charge in [0.05, 0.1) is 11.4 Å². The van der Waals surface area contributed by atoms with Gasteiger partial charge in [-0.3, -0.25) is 15.0 Å². The zero-order valence-electron chi connectivity index (χ0n) is 25.6. The Morgan fingerprint density at radius 3 is 2.60 bits per heavy atom. The van der Waals surface area contributed by atoms with Crippen LogP contribution in [0.4, 0.5) is 17.5 Å². The molecule has 230 valence electrons. The Kier molecular flexibility index (Phi) is 7.22. The minimum absolute atomic E-state index is 0.00251. The van der Waals surface area contributed by atoms with Crippen molar-refractivity contribution in [2.24, 2.45) is 0 Å². The molecule has 3 atom stereocenters. The van der Waals surface area contributed by atoms with Gasteiger partial charge in [0.15, 0.2) is 17.9 Å². The molecule has 5 aromatic rings. The Hall–Kier alpha value is -4.68. The van der Waals surface area contributed by atoms with Gasteiger partial charge in [-0.2, -0.15) is 10.2 Å². The minimum Gasteiger partial charge on any atom is -0.356 e. The van der Waals surface area contributed by atoms with Crippen LogP contribution in [0.15, 0.2) is 61.1 Å². The molecule has 4 aliphatic rings. The molecule has 0 amide bonds. The molecule has 3 unspecified atom stereocenters. The van der Waals surface area contributed by atoms with Gasteiger partial charge < -0.3 is 15.0 Å². The van der Waals surface area contributed by atoms with Crippen molar-refractivity contribution in [2.45, 2.75) is 64.4 Å². The average molecular weight is 604 g/mol. The molecule has 0 radical (unpaired) electrons. The van der Waals surface area contributed by atoms with Crippen LogP contribution >= 0.6 is 0 Å². The predicted octanol–water partition coefficient (Wildman–Crippen LogP) is 5.04. The van der Waals surface area contributed by atoms with Gasteiger partial charge in [0, 0.05) is 86.0 Å². The summed E-state index contributed by atoms with van der Waals surface area (Å²) in [4.78, 5) is 24.0. The highest BCUT2D eigenvalue weighted by atomic mass is 16.5. The van der Waals surface area contributed by atoms with Crippen molar-refractivity contribution in [1.29, 1.82) is 0 Å². The van der Waals surface area contributed by atoms with E-state index in [0.29, 0.717) is 23.7 Å². The fourth-order valence-corrected chi connectivity index (χ4v) is 6.76. The molecule has 0 saturated carbocycles. The number of hydrogen-bond donors (Lipinski definition) is 2. The molecule has 0 spiro atoms. The van der Waals surface area contributed by atoms with Crippen LogP contribution in [0.2, 0.25) is 0 Å². The number of rotatable bonds is 8. The van der Waals surface area contributed by atoms with Crippen LogP contribution in [0.3, 0.4) is 0 Å². The first-order valence-electron chi connectivity index (χ1n) is 15.8. The third-order valence-electron chi connectivity index (χ3n) is 9.04. The van der Waals surface area contributed by atoms with Crippen LogP contribution in [-0.2, 0) is 11.3 Å². The van der Waals surface area contributed by atoms with Crippen LogP contribution in [0.5, 0.6) is 0 Å². The third kappa shape index (κ3) is 5.67. The number of ether oxygens (including phenoxy) is 1. The normalized spacial score (nSPS) is 21.5.